The lowest BCUT2D eigenvalue weighted by molar-refractivity contribution is -0.143. The van der Waals surface area contributed by atoms with E-state index >= 15 is 0 Å². The highest BCUT2D eigenvalue weighted by Gasteiger charge is 2.34. The summed E-state index contributed by atoms with van der Waals surface area (Å²) in [5, 5.41) is 0. The van der Waals surface area contributed by atoms with Gasteiger partial charge in [-0.2, -0.15) is 0 Å². The molecule has 1 aromatic heterocycles. The van der Waals surface area contributed by atoms with Gasteiger partial charge >= 0.3 is 11.9 Å². The summed E-state index contributed by atoms with van der Waals surface area (Å²) >= 11 is 1.23. The van der Waals surface area contributed by atoms with E-state index in [4.69, 9.17) is 18.9 Å². The Bertz CT molecular complexity index is 1930. The van der Waals surface area contributed by atoms with E-state index in [9.17, 15) is 14.4 Å². The monoisotopic (exact) mass is 642 g/mol. The zero-order valence-corrected chi connectivity index (χ0v) is 26.8. The zero-order chi connectivity index (χ0) is 32.6. The second kappa shape index (κ2) is 14.7. The van der Waals surface area contributed by atoms with E-state index < -0.39 is 18.0 Å². The number of fused-ring (bicyclic) bond motifs is 1. The van der Waals surface area contributed by atoms with Crippen molar-refractivity contribution in [3.8, 4) is 17.2 Å². The summed E-state index contributed by atoms with van der Waals surface area (Å²) in [5.41, 5.74) is 2.83. The molecule has 0 spiro atoms. The number of esters is 2. The normalized spacial score (nSPS) is 14.3. The Morgan fingerprint density at radius 2 is 1.70 bits per heavy atom. The van der Waals surface area contributed by atoms with Gasteiger partial charge in [0, 0.05) is 0 Å². The molecule has 2 heterocycles. The van der Waals surface area contributed by atoms with E-state index in [0.717, 1.165) is 11.1 Å². The van der Waals surface area contributed by atoms with Crippen molar-refractivity contribution < 1.29 is 33.3 Å². The Labute approximate surface area is 269 Å². The maximum atomic E-state index is 14.0. The lowest BCUT2D eigenvalue weighted by atomic mass is 9.95. The summed E-state index contributed by atoms with van der Waals surface area (Å²) in [6, 6.07) is 21.6. The smallest absolute Gasteiger partial charge is 0.343 e. The second-order valence-electron chi connectivity index (χ2n) is 10.1. The van der Waals surface area contributed by atoms with Crippen molar-refractivity contribution in [2.24, 2.45) is 4.99 Å². The lowest BCUT2D eigenvalue weighted by Crippen LogP contribution is -2.40. The highest BCUT2D eigenvalue weighted by atomic mass is 32.1. The van der Waals surface area contributed by atoms with Crippen molar-refractivity contribution in [3.05, 3.63) is 120 Å². The molecule has 0 aliphatic carbocycles. The van der Waals surface area contributed by atoms with E-state index in [-0.39, 0.29) is 24.3 Å². The maximum absolute atomic E-state index is 14.0. The molecule has 5 rings (SSSR count). The number of benzene rings is 3. The Kier molecular flexibility index (Phi) is 10.3. The predicted molar refractivity (Wildman–Crippen MR) is 173 cm³/mol. The van der Waals surface area contributed by atoms with Crippen LogP contribution in [0.4, 0.5) is 0 Å². The van der Waals surface area contributed by atoms with E-state index in [0.29, 0.717) is 51.1 Å². The van der Waals surface area contributed by atoms with Gasteiger partial charge < -0.3 is 23.7 Å². The van der Waals surface area contributed by atoms with Gasteiger partial charge in [-0.15, -0.1) is 0 Å². The maximum Gasteiger partial charge on any atom is 0.343 e. The number of ether oxygens (including phenoxy) is 5. The summed E-state index contributed by atoms with van der Waals surface area (Å²) in [6.45, 7) is 5.87. The number of allylic oxidation sites excluding steroid dienone is 1. The molecule has 3 aromatic carbocycles. The molecular weight excluding hydrogens is 608 g/mol. The van der Waals surface area contributed by atoms with Crippen LogP contribution >= 0.6 is 11.3 Å². The molecule has 0 radical (unpaired) electrons. The molecular formula is C35H34N2O8S. The number of aromatic nitrogens is 1. The fourth-order valence-corrected chi connectivity index (χ4v) is 5.98. The van der Waals surface area contributed by atoms with Crippen molar-refractivity contribution >= 4 is 29.4 Å². The number of hydrogen-bond donors (Lipinski definition) is 0. The molecule has 0 bridgehead atoms. The van der Waals surface area contributed by atoms with Crippen molar-refractivity contribution in [1.29, 1.82) is 0 Å². The first-order valence-electron chi connectivity index (χ1n) is 14.8. The minimum absolute atomic E-state index is 0.155. The molecule has 0 saturated heterocycles. The summed E-state index contributed by atoms with van der Waals surface area (Å²) in [6.07, 6.45) is 1.79. The first-order chi connectivity index (χ1) is 22.3. The van der Waals surface area contributed by atoms with Crippen molar-refractivity contribution in [1.82, 2.24) is 4.57 Å². The van der Waals surface area contributed by atoms with Crippen LogP contribution in [-0.2, 0) is 25.7 Å². The van der Waals surface area contributed by atoms with Gasteiger partial charge in [0.25, 0.3) is 5.56 Å². The van der Waals surface area contributed by atoms with Crippen molar-refractivity contribution in [2.45, 2.75) is 33.4 Å². The van der Waals surface area contributed by atoms with Crippen LogP contribution in [0.3, 0.4) is 0 Å². The van der Waals surface area contributed by atoms with Crippen molar-refractivity contribution in [3.63, 3.8) is 0 Å². The number of nitrogens with zero attached hydrogens (tertiary/aromatic N) is 2. The fourth-order valence-electron chi connectivity index (χ4n) is 4.94. The molecule has 11 heteroatoms. The molecule has 238 valence electrons. The third kappa shape index (κ3) is 7.21. The molecule has 1 aliphatic rings. The largest absolute Gasteiger partial charge is 0.490 e. The van der Waals surface area contributed by atoms with Gasteiger partial charge in [0.05, 0.1) is 42.2 Å². The van der Waals surface area contributed by atoms with Gasteiger partial charge in [-0.05, 0) is 67.8 Å². The van der Waals surface area contributed by atoms with Crippen LogP contribution in [0.5, 0.6) is 17.2 Å². The number of carbonyl (C=O) groups excluding carboxylic acids is 2. The summed E-state index contributed by atoms with van der Waals surface area (Å²) in [5.74, 6) is 0.256. The number of thiazole rings is 1. The highest BCUT2D eigenvalue weighted by molar-refractivity contribution is 7.07. The van der Waals surface area contributed by atoms with Gasteiger partial charge in [0.15, 0.2) is 22.9 Å². The number of methoxy groups -OCH3 is 1. The van der Waals surface area contributed by atoms with Crippen molar-refractivity contribution in [2.75, 3.05) is 26.9 Å². The lowest BCUT2D eigenvalue weighted by Gasteiger charge is -2.25. The van der Waals surface area contributed by atoms with Crippen LogP contribution in [0.2, 0.25) is 0 Å². The Morgan fingerprint density at radius 1 is 0.935 bits per heavy atom. The molecule has 0 amide bonds. The summed E-state index contributed by atoms with van der Waals surface area (Å²) in [7, 11) is 1.27. The van der Waals surface area contributed by atoms with Gasteiger partial charge in [0.2, 0.25) is 0 Å². The first-order valence-corrected chi connectivity index (χ1v) is 15.6. The van der Waals surface area contributed by atoms with E-state index in [1.54, 1.807) is 38.1 Å². The minimum atomic E-state index is -0.847. The van der Waals surface area contributed by atoms with Gasteiger partial charge in [0.1, 0.15) is 12.4 Å². The van der Waals surface area contributed by atoms with Crippen LogP contribution in [0, 0.1) is 0 Å². The molecule has 1 aliphatic heterocycles. The van der Waals surface area contributed by atoms with Crippen LogP contribution in [0.15, 0.2) is 93.9 Å². The average Bonchev–Trinajstić information content (AvgIpc) is 3.37. The number of rotatable bonds is 12. The third-order valence-corrected chi connectivity index (χ3v) is 8.08. The standard InChI is InChI=1S/C35H34N2O8S/c1-5-42-28-19-25(14-17-27(28)45-21-30(38)41-4)32-31(34(40)43-6-2)22(3)36-35-37(32)33(39)29(46-35)18-23-12-15-26(16-13-23)44-20-24-10-8-7-9-11-24/h7-19,32H,5-6,20-21H2,1-4H3/b29-18-/t32-/m0/s1. The zero-order valence-electron chi connectivity index (χ0n) is 26.0. The van der Waals surface area contributed by atoms with Gasteiger partial charge in [-0.1, -0.05) is 59.9 Å². The predicted octanol–water partition coefficient (Wildman–Crippen LogP) is 4.33. The molecule has 0 saturated carbocycles. The molecule has 0 fully saturated rings. The topological polar surface area (TPSA) is 115 Å². The highest BCUT2D eigenvalue weighted by Crippen LogP contribution is 2.36. The molecule has 0 N–H and O–H groups in total. The van der Waals surface area contributed by atoms with Gasteiger partial charge in [-0.25, -0.2) is 14.6 Å². The van der Waals surface area contributed by atoms with Gasteiger partial charge in [-0.3, -0.25) is 9.36 Å². The molecule has 46 heavy (non-hydrogen) atoms. The molecule has 10 nitrogen and oxygen atoms in total. The van der Waals surface area contributed by atoms with Crippen LogP contribution in [0.1, 0.15) is 43.5 Å². The molecule has 4 aromatic rings. The van der Waals surface area contributed by atoms with Crippen LogP contribution in [0.25, 0.3) is 6.08 Å². The fraction of sp³-hybridized carbons (Fsp3) is 0.257. The molecule has 0 unspecified atom stereocenters. The van der Waals surface area contributed by atoms with E-state index in [2.05, 4.69) is 9.73 Å². The number of hydrogen-bond acceptors (Lipinski definition) is 10. The SMILES string of the molecule is CCOC(=O)C1=C(C)N=c2s/c(=C\c3ccc(OCc4ccccc4)cc3)c(=O)n2[C@H]1c1ccc(OCC(=O)OC)c(OCC)c1. The number of carbonyl (C=O) groups is 2. The minimum Gasteiger partial charge on any atom is -0.490 e. The Morgan fingerprint density at radius 3 is 2.39 bits per heavy atom. The Balaban J connectivity index is 1.53. The van der Waals surface area contributed by atoms with Crippen LogP contribution in [-0.4, -0.2) is 43.4 Å². The first kappa shape index (κ1) is 32.2. The summed E-state index contributed by atoms with van der Waals surface area (Å²) < 4.78 is 29.4. The Hall–Kier alpha value is -5.16. The quantitative estimate of drug-likeness (QED) is 0.210. The average molecular weight is 643 g/mol. The van der Waals surface area contributed by atoms with Crippen LogP contribution < -0.4 is 29.1 Å². The summed E-state index contributed by atoms with van der Waals surface area (Å²) in [4.78, 5) is 44.1. The van der Waals surface area contributed by atoms with E-state index in [1.165, 1.54) is 23.0 Å². The van der Waals surface area contributed by atoms with E-state index in [1.807, 2.05) is 61.5 Å². The third-order valence-electron chi connectivity index (χ3n) is 7.10. The second-order valence-corrected chi connectivity index (χ2v) is 11.2. The molecule has 1 atom stereocenters.